The highest BCUT2D eigenvalue weighted by Gasteiger charge is 2.16. The number of rotatable bonds is 5. The minimum absolute atomic E-state index is 0.196. The summed E-state index contributed by atoms with van der Waals surface area (Å²) in [5.41, 5.74) is 0.549. The van der Waals surface area contributed by atoms with E-state index in [0.717, 1.165) is 6.42 Å². The van der Waals surface area contributed by atoms with Crippen molar-refractivity contribution in [1.82, 2.24) is 9.55 Å². The molecule has 0 atom stereocenters. The molecule has 0 aliphatic heterocycles. The third-order valence-corrected chi connectivity index (χ3v) is 4.10. The number of nitrogens with two attached hydrogens (primary N) is 1. The molecule has 1 aromatic carbocycles. The van der Waals surface area contributed by atoms with Gasteiger partial charge in [-0.2, -0.15) is 0 Å². The van der Waals surface area contributed by atoms with E-state index < -0.39 is 15.8 Å². The van der Waals surface area contributed by atoms with Gasteiger partial charge in [0, 0.05) is 17.6 Å². The molecular weight excluding hydrogens is 317 g/mol. The van der Waals surface area contributed by atoms with Crippen LogP contribution in [-0.4, -0.2) is 18.0 Å². The van der Waals surface area contributed by atoms with Gasteiger partial charge in [0.2, 0.25) is 0 Å². The molecule has 2 rings (SSSR count). The molecule has 2 N–H and O–H groups in total. The lowest BCUT2D eigenvalue weighted by Crippen LogP contribution is -2.12. The molecule has 0 spiro atoms. The van der Waals surface area contributed by atoms with Crippen molar-refractivity contribution in [3.05, 3.63) is 46.6 Å². The van der Waals surface area contributed by atoms with Crippen molar-refractivity contribution in [2.75, 3.05) is 0 Å². The van der Waals surface area contributed by atoms with Crippen LogP contribution in [0.25, 0.3) is 0 Å². The first-order valence-electron chi connectivity index (χ1n) is 6.34. The lowest BCUT2D eigenvalue weighted by atomic mass is 10.2. The molecular formula is C13H15ClFN3O2S. The number of hydrogen-bond donors (Lipinski definition) is 1. The summed E-state index contributed by atoms with van der Waals surface area (Å²) in [4.78, 5) is 4.03. The molecule has 0 unspecified atom stereocenters. The molecule has 0 aliphatic carbocycles. The van der Waals surface area contributed by atoms with Crippen LogP contribution in [0.5, 0.6) is 0 Å². The molecule has 0 radical (unpaired) electrons. The first kappa shape index (κ1) is 15.9. The highest BCUT2D eigenvalue weighted by molar-refractivity contribution is 7.89. The lowest BCUT2D eigenvalue weighted by molar-refractivity contribution is 0.594. The van der Waals surface area contributed by atoms with Crippen LogP contribution in [0.15, 0.2) is 29.4 Å². The fourth-order valence-electron chi connectivity index (χ4n) is 1.97. The number of imidazole rings is 1. The minimum Gasteiger partial charge on any atom is -0.329 e. The number of halogens is 2. The summed E-state index contributed by atoms with van der Waals surface area (Å²) in [6, 6.07) is 4.04. The lowest BCUT2D eigenvalue weighted by Gasteiger charge is -2.08. The molecule has 0 amide bonds. The average Bonchev–Trinajstić information content (AvgIpc) is 2.78. The van der Waals surface area contributed by atoms with Gasteiger partial charge in [-0.25, -0.2) is 22.9 Å². The van der Waals surface area contributed by atoms with Crippen LogP contribution in [0.2, 0.25) is 5.02 Å². The third kappa shape index (κ3) is 3.81. The number of primary sulfonamides is 1. The van der Waals surface area contributed by atoms with Crippen LogP contribution >= 0.6 is 11.6 Å². The van der Waals surface area contributed by atoms with E-state index in [1.54, 1.807) is 4.57 Å². The molecule has 0 fully saturated rings. The van der Waals surface area contributed by atoms with Crippen LogP contribution in [0.4, 0.5) is 4.39 Å². The summed E-state index contributed by atoms with van der Waals surface area (Å²) in [6.45, 7) is 2.18. The topological polar surface area (TPSA) is 78.0 Å². The number of benzene rings is 1. The Morgan fingerprint density at radius 1 is 1.43 bits per heavy atom. The number of hydrogen-bond acceptors (Lipinski definition) is 3. The molecule has 21 heavy (non-hydrogen) atoms. The molecule has 0 aliphatic rings. The van der Waals surface area contributed by atoms with Gasteiger partial charge in [-0.15, -0.1) is 0 Å². The Labute approximate surface area is 127 Å². The molecule has 0 saturated carbocycles. The van der Waals surface area contributed by atoms with E-state index in [1.807, 2.05) is 6.92 Å². The van der Waals surface area contributed by atoms with Gasteiger partial charge >= 0.3 is 0 Å². The van der Waals surface area contributed by atoms with Crippen LogP contribution < -0.4 is 5.14 Å². The zero-order valence-corrected chi connectivity index (χ0v) is 13.0. The fourth-order valence-corrected chi connectivity index (χ4v) is 2.66. The molecule has 5 nitrogen and oxygen atoms in total. The van der Waals surface area contributed by atoms with Crippen LogP contribution in [0.3, 0.4) is 0 Å². The number of nitrogens with zero attached hydrogens (tertiary/aromatic N) is 2. The summed E-state index contributed by atoms with van der Waals surface area (Å²) >= 11 is 6.03. The summed E-state index contributed by atoms with van der Waals surface area (Å²) in [5.74, 6) is 0.167. The standard InChI is InChI=1S/C13H15ClFN3O2S/c1-2-3-12-17-13(21(16,19)20)8-18(12)7-9-6-10(15)4-5-11(9)14/h4-6,8H,2-3,7H2,1H3,(H2,16,19,20). The minimum atomic E-state index is -3.87. The Morgan fingerprint density at radius 2 is 2.14 bits per heavy atom. The third-order valence-electron chi connectivity index (χ3n) is 2.95. The summed E-state index contributed by atoms with van der Waals surface area (Å²) in [7, 11) is -3.87. The van der Waals surface area contributed by atoms with Crippen molar-refractivity contribution in [2.45, 2.75) is 31.3 Å². The van der Waals surface area contributed by atoms with Crippen molar-refractivity contribution in [3.63, 3.8) is 0 Å². The second kappa shape index (κ2) is 6.13. The molecule has 2 aromatic rings. The maximum absolute atomic E-state index is 13.3. The fraction of sp³-hybridized carbons (Fsp3) is 0.308. The van der Waals surface area contributed by atoms with Crippen LogP contribution in [0.1, 0.15) is 24.7 Å². The van der Waals surface area contributed by atoms with E-state index in [9.17, 15) is 12.8 Å². The van der Waals surface area contributed by atoms with Crippen molar-refractivity contribution in [2.24, 2.45) is 5.14 Å². The second-order valence-corrected chi connectivity index (χ2v) is 6.57. The summed E-state index contributed by atoms with van der Waals surface area (Å²) in [5, 5.41) is 5.30. The normalized spacial score (nSPS) is 11.8. The number of aromatic nitrogens is 2. The van der Waals surface area contributed by atoms with E-state index in [0.29, 0.717) is 22.8 Å². The van der Waals surface area contributed by atoms with Gasteiger partial charge in [0.05, 0.1) is 6.54 Å². The first-order valence-corrected chi connectivity index (χ1v) is 8.26. The molecule has 8 heteroatoms. The first-order chi connectivity index (χ1) is 9.81. The zero-order valence-electron chi connectivity index (χ0n) is 11.4. The van der Waals surface area contributed by atoms with Crippen molar-refractivity contribution in [1.29, 1.82) is 0 Å². The molecule has 114 valence electrons. The van der Waals surface area contributed by atoms with E-state index >= 15 is 0 Å². The van der Waals surface area contributed by atoms with E-state index in [2.05, 4.69) is 4.98 Å². The van der Waals surface area contributed by atoms with Gasteiger partial charge in [0.25, 0.3) is 10.0 Å². The Bertz CT molecular complexity index is 759. The summed E-state index contributed by atoms with van der Waals surface area (Å²) in [6.07, 6.45) is 2.72. The Morgan fingerprint density at radius 3 is 2.76 bits per heavy atom. The molecule has 1 heterocycles. The van der Waals surface area contributed by atoms with Gasteiger partial charge in [0.1, 0.15) is 11.6 Å². The van der Waals surface area contributed by atoms with E-state index in [4.69, 9.17) is 16.7 Å². The quantitative estimate of drug-likeness (QED) is 0.913. The average molecular weight is 332 g/mol. The number of aryl methyl sites for hydroxylation is 1. The van der Waals surface area contributed by atoms with Gasteiger partial charge in [-0.1, -0.05) is 18.5 Å². The van der Waals surface area contributed by atoms with Crippen LogP contribution in [0, 0.1) is 5.82 Å². The Balaban J connectivity index is 2.43. The van der Waals surface area contributed by atoms with Gasteiger partial charge in [-0.05, 0) is 30.2 Å². The van der Waals surface area contributed by atoms with Gasteiger partial charge in [0.15, 0.2) is 5.03 Å². The smallest absolute Gasteiger partial charge is 0.257 e. The predicted molar refractivity (Wildman–Crippen MR) is 78.1 cm³/mol. The van der Waals surface area contributed by atoms with Crippen LogP contribution in [-0.2, 0) is 23.0 Å². The van der Waals surface area contributed by atoms with Crippen molar-refractivity contribution < 1.29 is 12.8 Å². The van der Waals surface area contributed by atoms with E-state index in [-0.39, 0.29) is 11.6 Å². The number of sulfonamides is 1. The highest BCUT2D eigenvalue weighted by Crippen LogP contribution is 2.20. The predicted octanol–water partition coefficient (Wildman–Crippen LogP) is 2.32. The zero-order chi connectivity index (χ0) is 15.6. The maximum Gasteiger partial charge on any atom is 0.257 e. The summed E-state index contributed by atoms with van der Waals surface area (Å²) < 4.78 is 37.7. The van der Waals surface area contributed by atoms with Crippen molar-refractivity contribution >= 4 is 21.6 Å². The largest absolute Gasteiger partial charge is 0.329 e. The van der Waals surface area contributed by atoms with E-state index in [1.165, 1.54) is 24.4 Å². The molecule has 1 aromatic heterocycles. The van der Waals surface area contributed by atoms with Gasteiger partial charge in [-0.3, -0.25) is 0 Å². The molecule has 0 saturated heterocycles. The van der Waals surface area contributed by atoms with Gasteiger partial charge < -0.3 is 4.57 Å². The highest BCUT2D eigenvalue weighted by atomic mass is 35.5. The Kier molecular flexibility index (Phi) is 4.65. The maximum atomic E-state index is 13.3. The SMILES string of the molecule is CCCc1nc(S(N)(=O)=O)cn1Cc1cc(F)ccc1Cl. The van der Waals surface area contributed by atoms with Crippen molar-refractivity contribution in [3.8, 4) is 0 Å². The Hall–Kier alpha value is -1.44. The molecule has 0 bridgehead atoms. The monoisotopic (exact) mass is 331 g/mol. The second-order valence-electron chi connectivity index (χ2n) is 4.65.